The van der Waals surface area contributed by atoms with Gasteiger partial charge in [0, 0.05) is 5.56 Å². The summed E-state index contributed by atoms with van der Waals surface area (Å²) in [6.45, 7) is 0. The van der Waals surface area contributed by atoms with E-state index < -0.39 is 11.4 Å². The molecule has 0 spiro atoms. The number of hydrogen-bond acceptors (Lipinski definition) is 6. The predicted octanol–water partition coefficient (Wildman–Crippen LogP) is 2.90. The van der Waals surface area contributed by atoms with Crippen LogP contribution in [0, 0.1) is 17.1 Å². The zero-order valence-corrected chi connectivity index (χ0v) is 14.2. The van der Waals surface area contributed by atoms with Crippen LogP contribution >= 0.6 is 0 Å². The first kappa shape index (κ1) is 17.8. The second-order valence-corrected chi connectivity index (χ2v) is 5.38. The molecule has 3 aromatic rings. The van der Waals surface area contributed by atoms with Crippen LogP contribution in [-0.2, 0) is 0 Å². The van der Waals surface area contributed by atoms with Crippen molar-refractivity contribution in [1.29, 1.82) is 5.26 Å². The van der Waals surface area contributed by atoms with Gasteiger partial charge in [-0.1, -0.05) is 36.4 Å². The molecule has 0 aliphatic rings. The number of nitriles is 1. The average Bonchev–Trinajstić information content (AvgIpc) is 2.69. The Balaban J connectivity index is 1.89. The second kappa shape index (κ2) is 7.93. The summed E-state index contributed by atoms with van der Waals surface area (Å²) >= 11 is 0. The fraction of sp³-hybridized carbons (Fsp3) is 0.0526. The van der Waals surface area contributed by atoms with Gasteiger partial charge in [0.2, 0.25) is 5.95 Å². The Morgan fingerprint density at radius 1 is 1.30 bits per heavy atom. The summed E-state index contributed by atoms with van der Waals surface area (Å²) in [6, 6.07) is 15.0. The van der Waals surface area contributed by atoms with Crippen LogP contribution in [0.2, 0.25) is 0 Å². The van der Waals surface area contributed by atoms with E-state index in [1.165, 1.54) is 31.5 Å². The molecule has 0 unspecified atom stereocenters. The molecule has 7 nitrogen and oxygen atoms in total. The van der Waals surface area contributed by atoms with Crippen LogP contribution in [0.25, 0.3) is 11.3 Å². The minimum atomic E-state index is -0.576. The second-order valence-electron chi connectivity index (χ2n) is 5.38. The first-order valence-corrected chi connectivity index (χ1v) is 7.85. The average molecular weight is 363 g/mol. The maximum absolute atomic E-state index is 13.4. The molecule has 0 aliphatic carbocycles. The first-order chi connectivity index (χ1) is 13.1. The molecule has 0 amide bonds. The number of aromatic amines is 1. The van der Waals surface area contributed by atoms with E-state index in [1.807, 2.05) is 12.1 Å². The molecule has 0 saturated heterocycles. The molecule has 8 heteroatoms. The van der Waals surface area contributed by atoms with Crippen LogP contribution in [-0.4, -0.2) is 23.3 Å². The Kier molecular flexibility index (Phi) is 5.23. The van der Waals surface area contributed by atoms with E-state index in [2.05, 4.69) is 20.5 Å². The lowest BCUT2D eigenvalue weighted by atomic mass is 10.1. The lowest BCUT2D eigenvalue weighted by Gasteiger charge is -2.06. The fourth-order valence-electron chi connectivity index (χ4n) is 2.36. The van der Waals surface area contributed by atoms with E-state index >= 15 is 0 Å². The lowest BCUT2D eigenvalue weighted by Crippen LogP contribution is -2.16. The Labute approximate surface area is 153 Å². The number of aromatic nitrogens is 2. The predicted molar refractivity (Wildman–Crippen MR) is 99.2 cm³/mol. The van der Waals surface area contributed by atoms with Gasteiger partial charge >= 0.3 is 0 Å². The van der Waals surface area contributed by atoms with Gasteiger partial charge in [0.05, 0.1) is 19.0 Å². The number of hydrogen-bond donors (Lipinski definition) is 2. The zero-order valence-electron chi connectivity index (χ0n) is 14.2. The zero-order chi connectivity index (χ0) is 19.2. The summed E-state index contributed by atoms with van der Waals surface area (Å²) in [4.78, 5) is 18.9. The minimum Gasteiger partial charge on any atom is -0.494 e. The lowest BCUT2D eigenvalue weighted by molar-refractivity contribution is 0.386. The maximum atomic E-state index is 13.4. The van der Waals surface area contributed by atoms with Gasteiger partial charge in [0.15, 0.2) is 11.6 Å². The van der Waals surface area contributed by atoms with Crippen LogP contribution in [0.3, 0.4) is 0 Å². The molecular weight excluding hydrogens is 349 g/mol. The molecule has 0 saturated carbocycles. The van der Waals surface area contributed by atoms with Crippen LogP contribution in [0.15, 0.2) is 58.4 Å². The van der Waals surface area contributed by atoms with Crippen LogP contribution in [0.5, 0.6) is 5.75 Å². The molecule has 0 bridgehead atoms. The number of rotatable bonds is 5. The van der Waals surface area contributed by atoms with Crippen molar-refractivity contribution in [1.82, 2.24) is 9.97 Å². The molecule has 1 aromatic heterocycles. The number of H-pyrrole nitrogens is 1. The molecule has 0 atom stereocenters. The van der Waals surface area contributed by atoms with Gasteiger partial charge < -0.3 is 4.74 Å². The van der Waals surface area contributed by atoms with E-state index in [0.717, 1.165) is 0 Å². The van der Waals surface area contributed by atoms with Crippen molar-refractivity contribution in [2.75, 3.05) is 12.5 Å². The van der Waals surface area contributed by atoms with Crippen molar-refractivity contribution in [3.8, 4) is 23.1 Å². The Bertz CT molecular complexity index is 1090. The van der Waals surface area contributed by atoms with E-state index in [9.17, 15) is 14.4 Å². The van der Waals surface area contributed by atoms with Gasteiger partial charge in [-0.15, -0.1) is 0 Å². The third-order valence-corrected chi connectivity index (χ3v) is 3.64. The fourth-order valence-corrected chi connectivity index (χ4v) is 2.36. The van der Waals surface area contributed by atoms with Crippen LogP contribution in [0.4, 0.5) is 10.3 Å². The number of nitrogens with zero attached hydrogens (tertiary/aromatic N) is 3. The van der Waals surface area contributed by atoms with Gasteiger partial charge in [-0.25, -0.2) is 14.8 Å². The molecule has 2 N–H and O–H groups in total. The summed E-state index contributed by atoms with van der Waals surface area (Å²) in [7, 11) is 1.37. The molecule has 2 aromatic carbocycles. The molecule has 0 fully saturated rings. The molecule has 3 rings (SSSR count). The van der Waals surface area contributed by atoms with Crippen LogP contribution < -0.4 is 15.7 Å². The van der Waals surface area contributed by atoms with Gasteiger partial charge in [-0.3, -0.25) is 9.78 Å². The maximum Gasteiger partial charge on any atom is 0.270 e. The Morgan fingerprint density at radius 3 is 2.78 bits per heavy atom. The van der Waals surface area contributed by atoms with Gasteiger partial charge in [0.1, 0.15) is 11.6 Å². The molecule has 1 heterocycles. The van der Waals surface area contributed by atoms with E-state index in [1.54, 1.807) is 24.3 Å². The summed E-state index contributed by atoms with van der Waals surface area (Å²) in [6.07, 6.45) is 1.42. The molecular formula is C19H14FN5O2. The quantitative estimate of drug-likeness (QED) is 0.536. The smallest absolute Gasteiger partial charge is 0.270 e. The topological polar surface area (TPSA) is 103 Å². The Morgan fingerprint density at radius 2 is 2.07 bits per heavy atom. The highest BCUT2D eigenvalue weighted by Crippen LogP contribution is 2.20. The van der Waals surface area contributed by atoms with Crippen molar-refractivity contribution < 1.29 is 9.13 Å². The largest absolute Gasteiger partial charge is 0.494 e. The Hall–Kier alpha value is -3.99. The monoisotopic (exact) mass is 363 g/mol. The standard InChI is InChI=1S/C19H14FN5O2/c1-27-16-9-12(7-8-15(16)20)11-22-25-19-23-17(13-5-3-2-4-6-13)14(10-21)18(26)24-19/h2-9,11H,1H3,(H2,23,24,25,26). The summed E-state index contributed by atoms with van der Waals surface area (Å²) in [5.74, 6) is -0.313. The van der Waals surface area contributed by atoms with Gasteiger partial charge in [0.25, 0.3) is 5.56 Å². The van der Waals surface area contributed by atoms with Crippen molar-refractivity contribution in [3.63, 3.8) is 0 Å². The van der Waals surface area contributed by atoms with Crippen LogP contribution in [0.1, 0.15) is 11.1 Å². The summed E-state index contributed by atoms with van der Waals surface area (Å²) < 4.78 is 18.3. The number of halogens is 1. The van der Waals surface area contributed by atoms with Gasteiger partial charge in [-0.05, 0) is 17.7 Å². The van der Waals surface area contributed by atoms with E-state index in [-0.39, 0.29) is 23.0 Å². The highest BCUT2D eigenvalue weighted by Gasteiger charge is 2.12. The normalized spacial score (nSPS) is 10.6. The number of methoxy groups -OCH3 is 1. The van der Waals surface area contributed by atoms with Gasteiger partial charge in [-0.2, -0.15) is 10.4 Å². The highest BCUT2D eigenvalue weighted by atomic mass is 19.1. The number of nitrogens with one attached hydrogen (secondary N) is 2. The number of benzene rings is 2. The minimum absolute atomic E-state index is 0.0724. The first-order valence-electron chi connectivity index (χ1n) is 7.85. The van der Waals surface area contributed by atoms with E-state index in [4.69, 9.17) is 4.74 Å². The number of ether oxygens (including phenoxy) is 1. The summed E-state index contributed by atoms with van der Waals surface area (Å²) in [5.41, 5.74) is 3.42. The molecule has 0 radical (unpaired) electrons. The summed E-state index contributed by atoms with van der Waals surface area (Å²) in [5, 5.41) is 13.2. The van der Waals surface area contributed by atoms with Crippen molar-refractivity contribution in [2.24, 2.45) is 5.10 Å². The third-order valence-electron chi connectivity index (χ3n) is 3.64. The molecule has 0 aliphatic heterocycles. The number of hydrazone groups is 1. The molecule has 27 heavy (non-hydrogen) atoms. The SMILES string of the molecule is COc1cc(C=NNc2nc(-c3ccccc3)c(C#N)c(=O)[nH]2)ccc1F. The van der Waals surface area contributed by atoms with E-state index in [0.29, 0.717) is 11.1 Å². The molecule has 134 valence electrons. The highest BCUT2D eigenvalue weighted by molar-refractivity contribution is 5.80. The van der Waals surface area contributed by atoms with Crippen molar-refractivity contribution in [2.45, 2.75) is 0 Å². The van der Waals surface area contributed by atoms with Crippen molar-refractivity contribution >= 4 is 12.2 Å². The van der Waals surface area contributed by atoms with Crippen molar-refractivity contribution in [3.05, 3.63) is 75.8 Å². The third kappa shape index (κ3) is 3.99. The number of anilines is 1.